The van der Waals surface area contributed by atoms with Crippen LogP contribution >= 0.6 is 0 Å². The molecule has 3 amide bonds. The van der Waals surface area contributed by atoms with Gasteiger partial charge in [0, 0.05) is 19.0 Å². The van der Waals surface area contributed by atoms with Gasteiger partial charge in [-0.05, 0) is 33.6 Å². The molecule has 2 N–H and O–H groups in total. The lowest BCUT2D eigenvalue weighted by Crippen LogP contribution is -2.47. The van der Waals surface area contributed by atoms with Gasteiger partial charge in [0.15, 0.2) is 0 Å². The van der Waals surface area contributed by atoms with Crippen molar-refractivity contribution < 1.29 is 19.1 Å². The molecule has 1 fully saturated rings. The van der Waals surface area contributed by atoms with Crippen molar-refractivity contribution in [1.82, 2.24) is 15.8 Å². The summed E-state index contributed by atoms with van der Waals surface area (Å²) in [5.41, 5.74) is 3.90. The molecule has 1 aliphatic heterocycles. The fraction of sp³-hybridized carbons (Fsp3) is 0.750. The lowest BCUT2D eigenvalue weighted by molar-refractivity contribution is -0.129. The smallest absolute Gasteiger partial charge is 0.410 e. The van der Waals surface area contributed by atoms with Gasteiger partial charge < -0.3 is 9.64 Å². The van der Waals surface area contributed by atoms with Crippen molar-refractivity contribution in [2.45, 2.75) is 39.2 Å². The van der Waals surface area contributed by atoms with E-state index < -0.39 is 5.60 Å². The molecule has 7 heteroatoms. The highest BCUT2D eigenvalue weighted by atomic mass is 16.6. The Bertz CT molecular complexity index is 343. The fourth-order valence-corrected chi connectivity index (χ4v) is 1.85. The molecule has 19 heavy (non-hydrogen) atoms. The SMILES string of the molecule is CC(C)(C)OC(=O)N1CCC(C(=O)NNC=O)CC1. The highest BCUT2D eigenvalue weighted by Gasteiger charge is 2.29. The molecule has 0 unspecified atom stereocenters. The van der Waals surface area contributed by atoms with Crippen LogP contribution in [-0.4, -0.2) is 42.0 Å². The van der Waals surface area contributed by atoms with E-state index in [0.29, 0.717) is 32.3 Å². The van der Waals surface area contributed by atoms with Crippen LogP contribution in [0.1, 0.15) is 33.6 Å². The molecule has 0 aromatic carbocycles. The zero-order valence-electron chi connectivity index (χ0n) is 11.6. The van der Waals surface area contributed by atoms with E-state index in [4.69, 9.17) is 4.74 Å². The number of rotatable bonds is 3. The number of nitrogens with one attached hydrogen (secondary N) is 2. The van der Waals surface area contributed by atoms with E-state index in [0.717, 1.165) is 0 Å². The molecular weight excluding hydrogens is 250 g/mol. The highest BCUT2D eigenvalue weighted by Crippen LogP contribution is 2.19. The summed E-state index contributed by atoms with van der Waals surface area (Å²) in [4.78, 5) is 35.1. The maximum atomic E-state index is 11.8. The molecule has 0 atom stereocenters. The third-order valence-electron chi connectivity index (χ3n) is 2.77. The summed E-state index contributed by atoms with van der Waals surface area (Å²) in [6, 6.07) is 0. The van der Waals surface area contributed by atoms with Crippen LogP contribution in [0.5, 0.6) is 0 Å². The van der Waals surface area contributed by atoms with E-state index in [1.807, 2.05) is 20.8 Å². The molecule has 0 aromatic rings. The van der Waals surface area contributed by atoms with Crippen LogP contribution in [0.4, 0.5) is 4.79 Å². The van der Waals surface area contributed by atoms with Crippen molar-refractivity contribution in [3.05, 3.63) is 0 Å². The molecule has 1 rings (SSSR count). The van der Waals surface area contributed by atoms with Crippen LogP contribution in [0, 0.1) is 5.92 Å². The lowest BCUT2D eigenvalue weighted by atomic mass is 9.96. The molecular formula is C12H21N3O4. The number of hydrogen-bond acceptors (Lipinski definition) is 4. The van der Waals surface area contributed by atoms with E-state index >= 15 is 0 Å². The first-order valence-corrected chi connectivity index (χ1v) is 6.30. The van der Waals surface area contributed by atoms with Crippen LogP contribution in [-0.2, 0) is 14.3 Å². The first kappa shape index (κ1) is 15.3. The minimum Gasteiger partial charge on any atom is -0.444 e. The number of nitrogens with zero attached hydrogens (tertiary/aromatic N) is 1. The molecule has 0 bridgehead atoms. The first-order valence-electron chi connectivity index (χ1n) is 6.30. The van der Waals surface area contributed by atoms with Crippen LogP contribution < -0.4 is 10.9 Å². The normalized spacial score (nSPS) is 16.7. The van der Waals surface area contributed by atoms with Crippen LogP contribution in [0.25, 0.3) is 0 Å². The number of ether oxygens (including phenoxy) is 1. The molecule has 1 heterocycles. The van der Waals surface area contributed by atoms with Crippen molar-refractivity contribution in [2.75, 3.05) is 13.1 Å². The molecule has 0 aromatic heterocycles. The summed E-state index contributed by atoms with van der Waals surface area (Å²) in [5.74, 6) is -0.415. The minimum atomic E-state index is -0.515. The van der Waals surface area contributed by atoms with Gasteiger partial charge in [-0.1, -0.05) is 0 Å². The molecule has 0 saturated carbocycles. The zero-order chi connectivity index (χ0) is 14.5. The van der Waals surface area contributed by atoms with Crippen molar-refractivity contribution in [3.63, 3.8) is 0 Å². The van der Waals surface area contributed by atoms with E-state index in [1.165, 1.54) is 0 Å². The molecule has 0 radical (unpaired) electrons. The van der Waals surface area contributed by atoms with Crippen molar-refractivity contribution in [3.8, 4) is 0 Å². The Kier molecular flexibility index (Phi) is 5.14. The number of likely N-dealkylation sites (tertiary alicyclic amines) is 1. The Morgan fingerprint density at radius 3 is 2.32 bits per heavy atom. The monoisotopic (exact) mass is 271 g/mol. The molecule has 1 aliphatic rings. The third kappa shape index (κ3) is 5.15. The predicted molar refractivity (Wildman–Crippen MR) is 67.9 cm³/mol. The average Bonchev–Trinajstić information content (AvgIpc) is 2.34. The fourth-order valence-electron chi connectivity index (χ4n) is 1.85. The van der Waals surface area contributed by atoms with Crippen LogP contribution in [0.3, 0.4) is 0 Å². The van der Waals surface area contributed by atoms with Crippen LogP contribution in [0.15, 0.2) is 0 Å². The second kappa shape index (κ2) is 6.40. The quantitative estimate of drug-likeness (QED) is 0.575. The Morgan fingerprint density at radius 2 is 1.84 bits per heavy atom. The summed E-state index contributed by atoms with van der Waals surface area (Å²) in [6.07, 6.45) is 1.18. The lowest BCUT2D eigenvalue weighted by Gasteiger charge is -2.32. The zero-order valence-corrected chi connectivity index (χ0v) is 11.6. The number of hydrogen-bond donors (Lipinski definition) is 2. The molecule has 7 nitrogen and oxygen atoms in total. The molecule has 0 spiro atoms. The Hall–Kier alpha value is -1.79. The summed E-state index contributed by atoms with van der Waals surface area (Å²) >= 11 is 0. The summed E-state index contributed by atoms with van der Waals surface area (Å²) < 4.78 is 5.27. The van der Waals surface area contributed by atoms with Gasteiger partial charge in [0.2, 0.25) is 12.3 Å². The van der Waals surface area contributed by atoms with Crippen molar-refractivity contribution in [2.24, 2.45) is 5.92 Å². The second-order valence-corrected chi connectivity index (χ2v) is 5.49. The van der Waals surface area contributed by atoms with E-state index in [1.54, 1.807) is 4.90 Å². The minimum absolute atomic E-state index is 0.189. The van der Waals surface area contributed by atoms with E-state index in [2.05, 4.69) is 10.9 Å². The van der Waals surface area contributed by atoms with Gasteiger partial charge in [-0.3, -0.25) is 20.4 Å². The molecule has 108 valence electrons. The van der Waals surface area contributed by atoms with Crippen LogP contribution in [0.2, 0.25) is 0 Å². The topological polar surface area (TPSA) is 87.7 Å². The predicted octanol–water partition coefficient (Wildman–Crippen LogP) is 0.411. The Balaban J connectivity index is 2.38. The Morgan fingerprint density at radius 1 is 1.26 bits per heavy atom. The summed E-state index contributed by atoms with van der Waals surface area (Å²) in [6.45, 7) is 6.41. The maximum Gasteiger partial charge on any atom is 0.410 e. The van der Waals surface area contributed by atoms with Gasteiger partial charge in [-0.2, -0.15) is 0 Å². The van der Waals surface area contributed by atoms with Gasteiger partial charge >= 0.3 is 6.09 Å². The highest BCUT2D eigenvalue weighted by molar-refractivity contribution is 5.79. The van der Waals surface area contributed by atoms with Gasteiger partial charge in [0.1, 0.15) is 5.60 Å². The number of carbonyl (C=O) groups excluding carboxylic acids is 3. The molecule has 1 saturated heterocycles. The average molecular weight is 271 g/mol. The largest absolute Gasteiger partial charge is 0.444 e. The van der Waals surface area contributed by atoms with E-state index in [-0.39, 0.29) is 17.9 Å². The Labute approximate surface area is 112 Å². The van der Waals surface area contributed by atoms with Gasteiger partial charge in [-0.15, -0.1) is 0 Å². The number of hydrazine groups is 1. The van der Waals surface area contributed by atoms with Gasteiger partial charge in [0.05, 0.1) is 0 Å². The number of amides is 3. The summed E-state index contributed by atoms with van der Waals surface area (Å²) in [5, 5.41) is 0. The third-order valence-corrected chi connectivity index (χ3v) is 2.77. The second-order valence-electron chi connectivity index (χ2n) is 5.49. The number of carbonyl (C=O) groups is 3. The van der Waals surface area contributed by atoms with E-state index in [9.17, 15) is 14.4 Å². The van der Waals surface area contributed by atoms with Crippen molar-refractivity contribution in [1.29, 1.82) is 0 Å². The van der Waals surface area contributed by atoms with Crippen molar-refractivity contribution >= 4 is 18.4 Å². The standard InChI is InChI=1S/C12H21N3O4/c1-12(2,3)19-11(18)15-6-4-9(5-7-15)10(17)14-13-8-16/h8-9H,4-7H2,1-3H3,(H,13,16)(H,14,17). The first-order chi connectivity index (χ1) is 8.83. The number of piperidine rings is 1. The van der Waals surface area contributed by atoms with Gasteiger partial charge in [0.25, 0.3) is 0 Å². The molecule has 0 aliphatic carbocycles. The maximum absolute atomic E-state index is 11.8. The van der Waals surface area contributed by atoms with Gasteiger partial charge in [-0.25, -0.2) is 4.79 Å². The summed E-state index contributed by atoms with van der Waals surface area (Å²) in [7, 11) is 0.